The van der Waals surface area contributed by atoms with Gasteiger partial charge in [-0.3, -0.25) is 18.9 Å². The van der Waals surface area contributed by atoms with Crippen LogP contribution in [0.15, 0.2) is 146 Å². The molecule has 2 aliphatic carbocycles. The highest BCUT2D eigenvalue weighted by atomic mass is 32.2. The average Bonchev–Trinajstić information content (AvgIpc) is 3.41. The van der Waals surface area contributed by atoms with Gasteiger partial charge in [-0.05, 0) is 65.3 Å². The Balaban J connectivity index is 1.03. The molecule has 0 bridgehead atoms. The first kappa shape index (κ1) is 49.6. The second-order valence-electron chi connectivity index (χ2n) is 19.2. The lowest BCUT2D eigenvalue weighted by atomic mass is 9.77. The summed E-state index contributed by atoms with van der Waals surface area (Å²) in [6.45, 7) is -1.09. The third kappa shape index (κ3) is 8.68. The molecule has 0 unspecified atom stereocenters. The molecule has 5 aromatic heterocycles. The Labute approximate surface area is 438 Å². The molecule has 3 atom stereocenters. The Morgan fingerprint density at radius 2 is 1.47 bits per heavy atom. The maximum atomic E-state index is 15.7. The van der Waals surface area contributed by atoms with Gasteiger partial charge in [0.1, 0.15) is 40.1 Å². The number of benzene rings is 5. The van der Waals surface area contributed by atoms with Crippen molar-refractivity contribution in [1.82, 2.24) is 44.4 Å². The van der Waals surface area contributed by atoms with E-state index in [0.717, 1.165) is 35.1 Å². The quantitative estimate of drug-likeness (QED) is 0.0806. The number of imidazole rings is 1. The number of anilines is 1. The maximum absolute atomic E-state index is 15.7. The first-order valence-corrected chi connectivity index (χ1v) is 26.8. The maximum Gasteiger partial charge on any atom is 0.435 e. The van der Waals surface area contributed by atoms with Crippen molar-refractivity contribution >= 4 is 54.3 Å². The zero-order chi connectivity index (χ0) is 53.8. The first-order chi connectivity index (χ1) is 36.8. The van der Waals surface area contributed by atoms with Crippen LogP contribution >= 0.6 is 11.3 Å². The van der Waals surface area contributed by atoms with Gasteiger partial charge in [-0.25, -0.2) is 32.2 Å². The number of nitrogens with zero attached hydrogens (tertiary/aromatic N) is 8. The molecule has 1 saturated carbocycles. The van der Waals surface area contributed by atoms with Gasteiger partial charge >= 0.3 is 6.18 Å². The number of halogens is 7. The molecule has 0 aliphatic heterocycles. The van der Waals surface area contributed by atoms with Gasteiger partial charge in [-0.15, -0.1) is 11.3 Å². The highest BCUT2D eigenvalue weighted by molar-refractivity contribution is 7.92. The zero-order valence-electron chi connectivity index (χ0n) is 40.5. The molecular weight excluding hydrogens is 1050 g/mol. The number of aromatic nitrogens is 8. The van der Waals surface area contributed by atoms with Gasteiger partial charge in [0.2, 0.25) is 15.9 Å². The normalized spacial score (nSPS) is 16.4. The summed E-state index contributed by atoms with van der Waals surface area (Å²) in [4.78, 5) is 29.3. The van der Waals surface area contributed by atoms with Crippen LogP contribution in [-0.2, 0) is 52.5 Å². The fraction of sp³-hybridized carbons (Fsp3) is 0.200. The Morgan fingerprint density at radius 3 is 2.08 bits per heavy atom. The lowest BCUT2D eigenvalue weighted by molar-refractivity contribution is -0.142. The third-order valence-corrected chi connectivity index (χ3v) is 15.7. The number of hydrogen-bond donors (Lipinski definition) is 2. The van der Waals surface area contributed by atoms with E-state index in [1.165, 1.54) is 16.0 Å². The van der Waals surface area contributed by atoms with Gasteiger partial charge in [-0.2, -0.15) is 32.1 Å². The lowest BCUT2D eigenvalue weighted by Gasteiger charge is -2.37. The molecule has 1 amide bonds. The number of carbonyl (C=O) groups is 1. The highest BCUT2D eigenvalue weighted by Gasteiger charge is 2.68. The van der Waals surface area contributed by atoms with E-state index in [4.69, 9.17) is 15.0 Å². The van der Waals surface area contributed by atoms with E-state index in [2.05, 4.69) is 20.2 Å². The van der Waals surface area contributed by atoms with Gasteiger partial charge in [0, 0.05) is 47.3 Å². The van der Waals surface area contributed by atoms with Crippen molar-refractivity contribution in [2.45, 2.75) is 49.0 Å². The molecule has 13 nitrogen and oxygen atoms in total. The third-order valence-electron chi connectivity index (χ3n) is 14.1. The Bertz CT molecular complexity index is 3950. The fourth-order valence-electron chi connectivity index (χ4n) is 11.0. The number of thiazole rings is 1. The molecule has 0 saturated heterocycles. The van der Waals surface area contributed by atoms with Crippen LogP contribution in [0.4, 0.5) is 36.6 Å². The molecule has 2 aliphatic rings. The van der Waals surface area contributed by atoms with E-state index in [1.807, 2.05) is 102 Å². The van der Waals surface area contributed by atoms with E-state index < -0.39 is 86.6 Å². The number of aryl methyl sites for hydroxylation is 1. The molecule has 1 fully saturated rings. The molecule has 5 heterocycles. The van der Waals surface area contributed by atoms with E-state index in [9.17, 15) is 35.2 Å². The Hall–Kier alpha value is -8.24. The fourth-order valence-corrected chi connectivity index (χ4v) is 12.4. The predicted molar refractivity (Wildman–Crippen MR) is 274 cm³/mol. The molecule has 0 spiro atoms. The van der Waals surface area contributed by atoms with Crippen molar-refractivity contribution in [1.29, 1.82) is 0 Å². The predicted octanol–water partition coefficient (Wildman–Crippen LogP) is 11.1. The van der Waals surface area contributed by atoms with Crippen molar-refractivity contribution in [2.75, 3.05) is 11.0 Å². The summed E-state index contributed by atoms with van der Waals surface area (Å²) in [6.07, 6.45) is -1.07. The number of nitrogens with one attached hydrogen (secondary N) is 2. The largest absolute Gasteiger partial charge is 0.435 e. The van der Waals surface area contributed by atoms with E-state index in [0.29, 0.717) is 48.2 Å². The molecule has 2 N–H and O–H groups in total. The number of sulfonamides is 1. The molecule has 77 heavy (non-hydrogen) atoms. The van der Waals surface area contributed by atoms with Crippen LogP contribution in [0.3, 0.4) is 0 Å². The number of alkyl halides is 5. The van der Waals surface area contributed by atoms with Crippen LogP contribution in [0.1, 0.15) is 63.3 Å². The van der Waals surface area contributed by atoms with Crippen LogP contribution < -0.4 is 10.0 Å². The summed E-state index contributed by atoms with van der Waals surface area (Å²) in [5.74, 6) is -9.11. The second-order valence-corrected chi connectivity index (χ2v) is 22.0. The number of hydrogen-bond acceptors (Lipinski definition) is 9. The van der Waals surface area contributed by atoms with E-state index >= 15 is 8.78 Å². The number of amides is 1. The lowest BCUT2D eigenvalue weighted by Crippen LogP contribution is -2.36. The first-order valence-electron chi connectivity index (χ1n) is 24.0. The summed E-state index contributed by atoms with van der Waals surface area (Å²) in [5, 5.41) is 11.5. The van der Waals surface area contributed by atoms with Crippen LogP contribution in [-0.4, -0.2) is 59.7 Å². The second kappa shape index (κ2) is 18.2. The number of para-hydroxylation sites is 1. The molecule has 22 heteroatoms. The number of rotatable bonds is 14. The minimum atomic E-state index is -5.10. The summed E-state index contributed by atoms with van der Waals surface area (Å²) in [7, 11) is -2.26. The standard InChI is InChI=1S/C55H41F7N10O3S2/c1-70-47-36(19-12-20-37(47)50(68-70)69-77(2,74)75)38-26-43-51(66-52(76-43)42-27-71(29-63-42)53(31-13-6-3-7-14-31,32-15-8-4-9-16-32)33-17-10-5-11-18-33)65-46(38)41(23-30-21-34(56)24-35(57)22-30)64-44(73)28-72-49-45(48(67-72)55(60,61)62)39-25-40(39)54(49,58)59/h3-22,24,26-27,29,39-41H,23,25,28H2,1-2H3,(H,64,73)(H,68,69)/t39-,40+,41-/m0/s1. The smallest absolute Gasteiger partial charge is 0.346 e. The molecule has 390 valence electrons. The van der Waals surface area contributed by atoms with Gasteiger partial charge < -0.3 is 9.88 Å². The van der Waals surface area contributed by atoms with Crippen LogP contribution in [0.25, 0.3) is 43.1 Å². The Kier molecular flexibility index (Phi) is 11.7. The van der Waals surface area contributed by atoms with Crippen molar-refractivity contribution in [3.8, 4) is 21.8 Å². The van der Waals surface area contributed by atoms with Crippen molar-refractivity contribution < 1.29 is 43.9 Å². The summed E-state index contributed by atoms with van der Waals surface area (Å²) < 4.78 is 136. The monoisotopic (exact) mass is 1090 g/mol. The van der Waals surface area contributed by atoms with Crippen LogP contribution in [0.5, 0.6) is 0 Å². The molecule has 0 radical (unpaired) electrons. The zero-order valence-corrected chi connectivity index (χ0v) is 42.1. The van der Waals surface area contributed by atoms with Gasteiger partial charge in [-0.1, -0.05) is 103 Å². The molecule has 10 aromatic rings. The van der Waals surface area contributed by atoms with E-state index in [-0.39, 0.29) is 35.6 Å². The van der Waals surface area contributed by atoms with Crippen molar-refractivity contribution in [3.05, 3.63) is 203 Å². The van der Waals surface area contributed by atoms with Gasteiger partial charge in [0.05, 0.1) is 34.5 Å². The van der Waals surface area contributed by atoms with E-state index in [1.54, 1.807) is 37.6 Å². The van der Waals surface area contributed by atoms with Crippen LogP contribution in [0, 0.1) is 17.6 Å². The Morgan fingerprint density at radius 1 is 0.831 bits per heavy atom. The minimum absolute atomic E-state index is 0.00445. The molecule has 12 rings (SSSR count). The van der Waals surface area contributed by atoms with Crippen LogP contribution in [0.2, 0.25) is 0 Å². The summed E-state index contributed by atoms with van der Waals surface area (Å²) in [5.41, 5.74) is 0.497. The number of pyridine rings is 1. The number of fused-ring (bicyclic) bond motifs is 5. The topological polar surface area (TPSA) is 155 Å². The number of carbonyl (C=O) groups excluding carboxylic acids is 1. The molecular formula is C55H41F7N10O3S2. The molecule has 5 aromatic carbocycles. The van der Waals surface area contributed by atoms with Crippen molar-refractivity contribution in [2.24, 2.45) is 13.0 Å². The van der Waals surface area contributed by atoms with Crippen molar-refractivity contribution in [3.63, 3.8) is 0 Å². The minimum Gasteiger partial charge on any atom is -0.346 e. The SMILES string of the molecule is Cn1nc(NS(C)(=O)=O)c2cccc(-c3cc4sc(-c5cn(C(c6ccccc6)(c6ccccc6)c6ccccc6)cn5)nc4nc3[C@H](Cc3cc(F)cc(F)c3)NC(=O)Cn3nc(C(F)(F)F)c4c3C(F)(F)[C@@H]3C[C@H]43)c21. The highest BCUT2D eigenvalue weighted by Crippen LogP contribution is 2.68. The van der Waals surface area contributed by atoms with Gasteiger partial charge in [0.15, 0.2) is 17.2 Å². The average molecular weight is 1090 g/mol. The summed E-state index contributed by atoms with van der Waals surface area (Å²) >= 11 is 1.23. The summed E-state index contributed by atoms with van der Waals surface area (Å²) in [6, 6.07) is 37.9. The van der Waals surface area contributed by atoms with Gasteiger partial charge in [0.25, 0.3) is 5.92 Å².